The van der Waals surface area contributed by atoms with Crippen molar-refractivity contribution in [1.82, 2.24) is 0 Å². The number of ether oxygens (including phenoxy) is 3. The Hall–Kier alpha value is -1.28. The summed E-state index contributed by atoms with van der Waals surface area (Å²) in [5.41, 5.74) is 0.520. The number of hydrogen-bond donors (Lipinski definition) is 0. The number of hydrogen-bond acceptors (Lipinski definition) is 4. The zero-order valence-corrected chi connectivity index (χ0v) is 10.7. The quantitative estimate of drug-likeness (QED) is 0.842. The van der Waals surface area contributed by atoms with Crippen molar-refractivity contribution >= 4 is 11.6 Å². The average molecular weight is 268 g/mol. The third kappa shape index (κ3) is 3.61. The van der Waals surface area contributed by atoms with E-state index < -0.39 is 0 Å². The molecule has 0 amide bonds. The number of nitrogens with zero attached hydrogens (tertiary/aromatic N) is 1. The fraction of sp³-hybridized carbons (Fsp3) is 0.462. The van der Waals surface area contributed by atoms with E-state index >= 15 is 0 Å². The molecule has 0 atom stereocenters. The molecule has 4 nitrogen and oxygen atoms in total. The van der Waals surface area contributed by atoms with Crippen molar-refractivity contribution in [2.24, 2.45) is 0 Å². The summed E-state index contributed by atoms with van der Waals surface area (Å²) in [6, 6.07) is 6.98. The van der Waals surface area contributed by atoms with Gasteiger partial charge in [0, 0.05) is 6.42 Å². The standard InChI is InChI=1S/C13H14ClNO3/c14-11-8-10(9-15)2-3-12(11)16-7-4-13-17-5-1-6-18-13/h2-3,8,13H,1,4-7H2. The summed E-state index contributed by atoms with van der Waals surface area (Å²) in [5, 5.41) is 9.16. The van der Waals surface area contributed by atoms with Gasteiger partial charge in [0.25, 0.3) is 0 Å². The molecule has 0 bridgehead atoms. The Balaban J connectivity index is 1.81. The molecule has 2 rings (SSSR count). The van der Waals surface area contributed by atoms with Crippen molar-refractivity contribution in [2.45, 2.75) is 19.1 Å². The van der Waals surface area contributed by atoms with E-state index in [1.54, 1.807) is 18.2 Å². The fourth-order valence-electron chi connectivity index (χ4n) is 1.66. The van der Waals surface area contributed by atoms with Crippen molar-refractivity contribution in [3.63, 3.8) is 0 Å². The van der Waals surface area contributed by atoms with Gasteiger partial charge < -0.3 is 14.2 Å². The largest absolute Gasteiger partial charge is 0.492 e. The lowest BCUT2D eigenvalue weighted by molar-refractivity contribution is -0.183. The van der Waals surface area contributed by atoms with Crippen LogP contribution in [0.15, 0.2) is 18.2 Å². The maximum atomic E-state index is 8.72. The summed E-state index contributed by atoms with van der Waals surface area (Å²) in [4.78, 5) is 0. The van der Waals surface area contributed by atoms with Gasteiger partial charge in [0.1, 0.15) is 5.75 Å². The topological polar surface area (TPSA) is 51.5 Å². The van der Waals surface area contributed by atoms with E-state index in [0.29, 0.717) is 29.4 Å². The van der Waals surface area contributed by atoms with E-state index in [4.69, 9.17) is 31.1 Å². The summed E-state index contributed by atoms with van der Waals surface area (Å²) < 4.78 is 16.3. The van der Waals surface area contributed by atoms with Crippen LogP contribution in [0, 0.1) is 11.3 Å². The second-order valence-corrected chi connectivity index (χ2v) is 4.33. The maximum Gasteiger partial charge on any atom is 0.160 e. The highest BCUT2D eigenvalue weighted by Crippen LogP contribution is 2.25. The molecule has 1 heterocycles. The van der Waals surface area contributed by atoms with Gasteiger partial charge in [-0.15, -0.1) is 0 Å². The van der Waals surface area contributed by atoms with Gasteiger partial charge >= 0.3 is 0 Å². The average Bonchev–Trinajstić information content (AvgIpc) is 2.42. The second-order valence-electron chi connectivity index (χ2n) is 3.92. The molecule has 1 saturated heterocycles. The van der Waals surface area contributed by atoms with E-state index in [1.807, 2.05) is 6.07 Å². The van der Waals surface area contributed by atoms with Crippen molar-refractivity contribution in [1.29, 1.82) is 5.26 Å². The van der Waals surface area contributed by atoms with E-state index in [-0.39, 0.29) is 6.29 Å². The summed E-state index contributed by atoms with van der Waals surface area (Å²) >= 11 is 5.99. The van der Waals surface area contributed by atoms with Crippen LogP contribution < -0.4 is 4.74 Å². The molecule has 18 heavy (non-hydrogen) atoms. The monoisotopic (exact) mass is 267 g/mol. The molecule has 0 unspecified atom stereocenters. The molecule has 1 aromatic carbocycles. The summed E-state index contributed by atoms with van der Waals surface area (Å²) in [6.07, 6.45) is 1.42. The van der Waals surface area contributed by atoms with Crippen molar-refractivity contribution < 1.29 is 14.2 Å². The number of benzene rings is 1. The zero-order valence-electron chi connectivity index (χ0n) is 9.89. The molecule has 0 saturated carbocycles. The van der Waals surface area contributed by atoms with Crippen LogP contribution in [0.25, 0.3) is 0 Å². The number of halogens is 1. The van der Waals surface area contributed by atoms with Gasteiger partial charge in [-0.1, -0.05) is 11.6 Å². The van der Waals surface area contributed by atoms with Crippen LogP contribution in [0.2, 0.25) is 5.02 Å². The number of nitriles is 1. The first-order valence-electron chi connectivity index (χ1n) is 5.85. The molecule has 0 N–H and O–H groups in total. The minimum atomic E-state index is -0.184. The third-order valence-electron chi connectivity index (χ3n) is 2.57. The predicted octanol–water partition coefficient (Wildman–Crippen LogP) is 2.74. The van der Waals surface area contributed by atoms with E-state index in [2.05, 4.69) is 0 Å². The molecule has 96 valence electrons. The molecule has 5 heteroatoms. The van der Waals surface area contributed by atoms with E-state index in [9.17, 15) is 0 Å². The Bertz CT molecular complexity index is 438. The fourth-order valence-corrected chi connectivity index (χ4v) is 1.89. The normalized spacial score (nSPS) is 16.2. The molecular weight excluding hydrogens is 254 g/mol. The molecule has 1 aliphatic rings. The Morgan fingerprint density at radius 1 is 1.39 bits per heavy atom. The second kappa shape index (κ2) is 6.60. The SMILES string of the molecule is N#Cc1ccc(OCCC2OCCCO2)c(Cl)c1. The molecule has 0 spiro atoms. The smallest absolute Gasteiger partial charge is 0.160 e. The lowest BCUT2D eigenvalue weighted by Gasteiger charge is -2.23. The Kier molecular flexibility index (Phi) is 4.82. The van der Waals surface area contributed by atoms with Gasteiger partial charge in [-0.25, -0.2) is 0 Å². The van der Waals surface area contributed by atoms with Crippen molar-refractivity contribution in [3.8, 4) is 11.8 Å². The molecule has 0 aromatic heterocycles. The molecule has 0 radical (unpaired) electrons. The van der Waals surface area contributed by atoms with Crippen molar-refractivity contribution in [2.75, 3.05) is 19.8 Å². The Morgan fingerprint density at radius 2 is 2.17 bits per heavy atom. The van der Waals surface area contributed by atoms with Gasteiger partial charge in [0.2, 0.25) is 0 Å². The van der Waals surface area contributed by atoms with E-state index in [0.717, 1.165) is 19.6 Å². The molecule has 1 aromatic rings. The highest BCUT2D eigenvalue weighted by Gasteiger charge is 2.14. The highest BCUT2D eigenvalue weighted by atomic mass is 35.5. The first kappa shape index (κ1) is 13.2. The van der Waals surface area contributed by atoms with Crippen LogP contribution in [0.3, 0.4) is 0 Å². The third-order valence-corrected chi connectivity index (χ3v) is 2.86. The van der Waals surface area contributed by atoms with Gasteiger partial charge in [-0.3, -0.25) is 0 Å². The van der Waals surface area contributed by atoms with Crippen LogP contribution in [0.1, 0.15) is 18.4 Å². The summed E-state index contributed by atoms with van der Waals surface area (Å²) in [7, 11) is 0. The van der Waals surface area contributed by atoms with Crippen molar-refractivity contribution in [3.05, 3.63) is 28.8 Å². The van der Waals surface area contributed by atoms with Gasteiger partial charge in [-0.05, 0) is 24.6 Å². The molecular formula is C13H14ClNO3. The first-order valence-corrected chi connectivity index (χ1v) is 6.23. The lowest BCUT2D eigenvalue weighted by Crippen LogP contribution is -2.26. The first-order chi connectivity index (χ1) is 8.79. The van der Waals surface area contributed by atoms with Gasteiger partial charge in [0.05, 0.1) is 36.5 Å². The minimum absolute atomic E-state index is 0.184. The van der Waals surface area contributed by atoms with Gasteiger partial charge in [-0.2, -0.15) is 5.26 Å². The molecule has 1 aliphatic heterocycles. The zero-order chi connectivity index (χ0) is 12.8. The van der Waals surface area contributed by atoms with E-state index in [1.165, 1.54) is 0 Å². The minimum Gasteiger partial charge on any atom is -0.492 e. The summed E-state index contributed by atoms with van der Waals surface area (Å²) in [6.45, 7) is 1.95. The molecule has 1 fully saturated rings. The predicted molar refractivity (Wildman–Crippen MR) is 66.6 cm³/mol. The Morgan fingerprint density at radius 3 is 2.83 bits per heavy atom. The van der Waals surface area contributed by atoms with Crippen LogP contribution >= 0.6 is 11.6 Å². The lowest BCUT2D eigenvalue weighted by atomic mass is 10.2. The van der Waals surface area contributed by atoms with Crippen LogP contribution in [0.5, 0.6) is 5.75 Å². The number of rotatable bonds is 4. The van der Waals surface area contributed by atoms with Crippen LogP contribution in [-0.4, -0.2) is 26.1 Å². The van der Waals surface area contributed by atoms with Crippen LogP contribution in [-0.2, 0) is 9.47 Å². The molecule has 0 aliphatic carbocycles. The van der Waals surface area contributed by atoms with Crippen LogP contribution in [0.4, 0.5) is 0 Å². The highest BCUT2D eigenvalue weighted by molar-refractivity contribution is 6.32. The maximum absolute atomic E-state index is 8.72. The Labute approximate surface area is 111 Å². The van der Waals surface area contributed by atoms with Gasteiger partial charge in [0.15, 0.2) is 6.29 Å². The summed E-state index contributed by atoms with van der Waals surface area (Å²) in [5.74, 6) is 0.575.